The fourth-order valence-corrected chi connectivity index (χ4v) is 2.02. The van der Waals surface area contributed by atoms with E-state index in [1.54, 1.807) is 14.0 Å². The van der Waals surface area contributed by atoms with E-state index < -0.39 is 0 Å². The summed E-state index contributed by atoms with van der Waals surface area (Å²) in [4.78, 5) is 10.8. The van der Waals surface area contributed by atoms with Crippen molar-refractivity contribution in [3.8, 4) is 17.2 Å². The molecule has 4 nitrogen and oxygen atoms in total. The summed E-state index contributed by atoms with van der Waals surface area (Å²) >= 11 is 1.27. The fourth-order valence-electron chi connectivity index (χ4n) is 1.60. The van der Waals surface area contributed by atoms with Crippen LogP contribution in [-0.2, 0) is 4.79 Å². The third-order valence-electron chi connectivity index (χ3n) is 2.37. The Balaban J connectivity index is 2.12. The lowest BCUT2D eigenvalue weighted by Crippen LogP contribution is -1.93. The van der Waals surface area contributed by atoms with Crippen LogP contribution in [0.5, 0.6) is 17.2 Å². The molecule has 0 aliphatic carbocycles. The first-order chi connectivity index (χ1) is 8.70. The van der Waals surface area contributed by atoms with Crippen LogP contribution in [0.4, 0.5) is 0 Å². The summed E-state index contributed by atoms with van der Waals surface area (Å²) < 4.78 is 15.9. The van der Waals surface area contributed by atoms with Gasteiger partial charge in [0.1, 0.15) is 0 Å². The van der Waals surface area contributed by atoms with Crippen molar-refractivity contribution in [2.75, 3.05) is 19.7 Å². The fraction of sp³-hybridized carbons (Fsp3) is 0.308. The van der Waals surface area contributed by atoms with E-state index in [9.17, 15) is 4.79 Å². The molecular formula is C13H14O4S. The van der Waals surface area contributed by atoms with Crippen molar-refractivity contribution in [1.82, 2.24) is 0 Å². The van der Waals surface area contributed by atoms with E-state index in [0.29, 0.717) is 23.0 Å². The van der Waals surface area contributed by atoms with E-state index >= 15 is 0 Å². The number of hydrogen-bond donors (Lipinski definition) is 0. The average molecular weight is 266 g/mol. The molecule has 1 aromatic carbocycles. The quantitative estimate of drug-likeness (QED) is 0.838. The van der Waals surface area contributed by atoms with Gasteiger partial charge in [0.2, 0.25) is 12.5 Å². The molecule has 1 aromatic rings. The Morgan fingerprint density at radius 2 is 2.33 bits per heavy atom. The minimum absolute atomic E-state index is 0.114. The van der Waals surface area contributed by atoms with Gasteiger partial charge in [0.15, 0.2) is 16.6 Å². The second-order valence-corrected chi connectivity index (χ2v) is 4.86. The zero-order valence-corrected chi connectivity index (χ0v) is 11.1. The molecule has 0 aromatic heterocycles. The van der Waals surface area contributed by atoms with Gasteiger partial charge in [0.25, 0.3) is 0 Å². The van der Waals surface area contributed by atoms with Gasteiger partial charge in [-0.3, -0.25) is 4.79 Å². The van der Waals surface area contributed by atoms with E-state index in [1.165, 1.54) is 11.8 Å². The van der Waals surface area contributed by atoms with Crippen molar-refractivity contribution < 1.29 is 19.0 Å². The Bertz CT molecular complexity index is 482. The van der Waals surface area contributed by atoms with Crippen LogP contribution in [-0.4, -0.2) is 24.8 Å². The number of thioether (sulfide) groups is 1. The molecule has 1 aliphatic rings. The van der Waals surface area contributed by atoms with Gasteiger partial charge in [0.05, 0.1) is 7.11 Å². The maximum Gasteiger partial charge on any atom is 0.231 e. The molecule has 0 saturated heterocycles. The molecule has 1 heterocycles. The van der Waals surface area contributed by atoms with Gasteiger partial charge in [-0.2, -0.15) is 0 Å². The maximum atomic E-state index is 10.8. The molecule has 5 heteroatoms. The number of carbonyl (C=O) groups is 1. The lowest BCUT2D eigenvalue weighted by atomic mass is 10.1. The summed E-state index contributed by atoms with van der Waals surface area (Å²) in [6.45, 7) is 1.78. The second kappa shape index (κ2) is 5.82. The predicted octanol–water partition coefficient (Wildman–Crippen LogP) is 2.72. The van der Waals surface area contributed by atoms with Crippen LogP contribution in [0.1, 0.15) is 12.5 Å². The number of hydrogen-bond acceptors (Lipinski definition) is 5. The Morgan fingerprint density at radius 1 is 1.50 bits per heavy atom. The number of ether oxygens (including phenoxy) is 3. The topological polar surface area (TPSA) is 44.8 Å². The van der Waals surface area contributed by atoms with Gasteiger partial charge in [-0.05, 0) is 17.7 Å². The molecular weight excluding hydrogens is 252 g/mol. The molecule has 0 N–H and O–H groups in total. The molecule has 0 radical (unpaired) electrons. The summed E-state index contributed by atoms with van der Waals surface area (Å²) in [5, 5.41) is 0.114. The van der Waals surface area contributed by atoms with Crippen LogP contribution in [0.3, 0.4) is 0 Å². The largest absolute Gasteiger partial charge is 0.493 e. The smallest absolute Gasteiger partial charge is 0.231 e. The molecule has 0 bridgehead atoms. The lowest BCUT2D eigenvalue weighted by molar-refractivity contribution is -0.109. The van der Waals surface area contributed by atoms with E-state index in [-0.39, 0.29) is 11.9 Å². The van der Waals surface area contributed by atoms with Crippen LogP contribution in [0.25, 0.3) is 6.08 Å². The van der Waals surface area contributed by atoms with Crippen molar-refractivity contribution in [1.29, 1.82) is 0 Å². The summed E-state index contributed by atoms with van der Waals surface area (Å²) in [5.41, 5.74) is 0.959. The number of rotatable bonds is 4. The summed E-state index contributed by atoms with van der Waals surface area (Å²) in [7, 11) is 1.59. The summed E-state index contributed by atoms with van der Waals surface area (Å²) in [5.74, 6) is 2.65. The van der Waals surface area contributed by atoms with Crippen molar-refractivity contribution in [3.05, 3.63) is 23.8 Å². The first kappa shape index (κ1) is 12.8. The van der Waals surface area contributed by atoms with Gasteiger partial charge in [-0.1, -0.05) is 23.9 Å². The van der Waals surface area contributed by atoms with Crippen molar-refractivity contribution >= 4 is 23.0 Å². The summed E-state index contributed by atoms with van der Waals surface area (Å²) in [6, 6.07) is 3.77. The zero-order valence-electron chi connectivity index (χ0n) is 10.3. The SMILES string of the molecule is COc1cc(C=CCSC(C)=O)cc2c1OCO2. The van der Waals surface area contributed by atoms with E-state index in [0.717, 1.165) is 5.56 Å². The van der Waals surface area contributed by atoms with Gasteiger partial charge in [-0.25, -0.2) is 0 Å². The van der Waals surface area contributed by atoms with Crippen molar-refractivity contribution in [2.45, 2.75) is 6.92 Å². The number of methoxy groups -OCH3 is 1. The third-order valence-corrected chi connectivity index (χ3v) is 3.14. The van der Waals surface area contributed by atoms with Crippen molar-refractivity contribution in [2.24, 2.45) is 0 Å². The molecule has 0 amide bonds. The highest BCUT2D eigenvalue weighted by atomic mass is 32.2. The molecule has 0 fully saturated rings. The molecule has 1 aliphatic heterocycles. The Kier molecular flexibility index (Phi) is 4.15. The normalized spacial score (nSPS) is 13.0. The van der Waals surface area contributed by atoms with Crippen LogP contribution in [0.2, 0.25) is 0 Å². The van der Waals surface area contributed by atoms with Gasteiger partial charge in [0, 0.05) is 12.7 Å². The highest BCUT2D eigenvalue weighted by Gasteiger charge is 2.19. The molecule has 0 unspecified atom stereocenters. The Labute approximate surface area is 110 Å². The molecule has 18 heavy (non-hydrogen) atoms. The first-order valence-corrected chi connectivity index (χ1v) is 6.47. The number of fused-ring (bicyclic) bond motifs is 1. The number of carbonyl (C=O) groups excluding carboxylic acids is 1. The van der Waals surface area contributed by atoms with Crippen LogP contribution < -0.4 is 14.2 Å². The standard InChI is InChI=1S/C13H14O4S/c1-9(14)18-5-3-4-10-6-11(15-2)13-12(7-10)16-8-17-13/h3-4,6-7H,5,8H2,1-2H3. The molecule has 2 rings (SSSR count). The van der Waals surface area contributed by atoms with Crippen LogP contribution >= 0.6 is 11.8 Å². The second-order valence-electron chi connectivity index (χ2n) is 3.66. The maximum absolute atomic E-state index is 10.8. The van der Waals surface area contributed by atoms with E-state index in [4.69, 9.17) is 14.2 Å². The van der Waals surface area contributed by atoms with Gasteiger partial charge >= 0.3 is 0 Å². The van der Waals surface area contributed by atoms with E-state index in [1.807, 2.05) is 24.3 Å². The Morgan fingerprint density at radius 3 is 3.06 bits per heavy atom. The van der Waals surface area contributed by atoms with Crippen molar-refractivity contribution in [3.63, 3.8) is 0 Å². The van der Waals surface area contributed by atoms with E-state index in [2.05, 4.69) is 0 Å². The molecule has 0 spiro atoms. The third kappa shape index (κ3) is 2.98. The monoisotopic (exact) mass is 266 g/mol. The lowest BCUT2D eigenvalue weighted by Gasteiger charge is -2.05. The van der Waals surface area contributed by atoms with Gasteiger partial charge < -0.3 is 14.2 Å². The van der Waals surface area contributed by atoms with Crippen LogP contribution in [0, 0.1) is 0 Å². The Hall–Kier alpha value is -1.62. The summed E-state index contributed by atoms with van der Waals surface area (Å²) in [6.07, 6.45) is 3.86. The minimum Gasteiger partial charge on any atom is -0.493 e. The highest BCUT2D eigenvalue weighted by molar-refractivity contribution is 8.13. The van der Waals surface area contributed by atoms with Gasteiger partial charge in [-0.15, -0.1) is 0 Å². The molecule has 0 atom stereocenters. The van der Waals surface area contributed by atoms with Crippen LogP contribution in [0.15, 0.2) is 18.2 Å². The predicted molar refractivity (Wildman–Crippen MR) is 71.3 cm³/mol. The minimum atomic E-state index is 0.114. The number of benzene rings is 1. The molecule has 0 saturated carbocycles. The average Bonchev–Trinajstić information content (AvgIpc) is 2.81. The molecule has 96 valence electrons. The first-order valence-electron chi connectivity index (χ1n) is 5.48. The zero-order chi connectivity index (χ0) is 13.0. The highest BCUT2D eigenvalue weighted by Crippen LogP contribution is 2.42.